The molecule has 2 aliphatic rings. The van der Waals surface area contributed by atoms with Crippen LogP contribution in [0, 0.1) is 5.82 Å². The highest BCUT2D eigenvalue weighted by atomic mass is 32.1. The Balaban J connectivity index is 1.31. The second-order valence-corrected chi connectivity index (χ2v) is 9.59. The summed E-state index contributed by atoms with van der Waals surface area (Å²) in [5, 5.41) is 12.2. The normalized spacial score (nSPS) is 19.2. The van der Waals surface area contributed by atoms with Crippen LogP contribution in [0.4, 0.5) is 9.52 Å². The van der Waals surface area contributed by atoms with Crippen molar-refractivity contribution in [3.05, 3.63) is 35.4 Å². The summed E-state index contributed by atoms with van der Waals surface area (Å²) >= 11 is 1.42. The molecule has 1 aromatic heterocycles. The van der Waals surface area contributed by atoms with Gasteiger partial charge in [-0.2, -0.15) is 4.37 Å². The number of halogens is 1. The molecule has 3 heterocycles. The van der Waals surface area contributed by atoms with Crippen LogP contribution in [0.3, 0.4) is 0 Å². The Kier molecular flexibility index (Phi) is 7.62. The Bertz CT molecular complexity index is 1020. The summed E-state index contributed by atoms with van der Waals surface area (Å²) in [6.45, 7) is 6.23. The van der Waals surface area contributed by atoms with E-state index in [1.165, 1.54) is 23.7 Å². The van der Waals surface area contributed by atoms with E-state index >= 15 is 0 Å². The minimum absolute atomic E-state index is 0.0500. The number of nitrogens with one attached hydrogen (secondary N) is 1. The van der Waals surface area contributed by atoms with Crippen molar-refractivity contribution < 1.29 is 23.8 Å². The Labute approximate surface area is 202 Å². The molecule has 1 atom stereocenters. The molecule has 2 N–H and O–H groups in total. The number of benzene rings is 1. The summed E-state index contributed by atoms with van der Waals surface area (Å²) < 4.78 is 24.7. The summed E-state index contributed by atoms with van der Waals surface area (Å²) in [6.07, 6.45) is 1.42. The van der Waals surface area contributed by atoms with E-state index in [-0.39, 0.29) is 36.4 Å². The maximum absolute atomic E-state index is 14.5. The van der Waals surface area contributed by atoms with Crippen LogP contribution < -0.4 is 15.0 Å². The number of aliphatic hydroxyl groups excluding tert-OH is 1. The molecule has 4 rings (SSSR count). The van der Waals surface area contributed by atoms with Crippen molar-refractivity contribution in [3.8, 4) is 5.75 Å². The third kappa shape index (κ3) is 5.30. The van der Waals surface area contributed by atoms with E-state index in [9.17, 15) is 14.0 Å². The number of likely N-dealkylation sites (tertiary alicyclic amines) is 1. The van der Waals surface area contributed by atoms with E-state index in [0.29, 0.717) is 18.9 Å². The first-order valence-corrected chi connectivity index (χ1v) is 12.4. The minimum atomic E-state index is -0.738. The topological polar surface area (TPSA) is 108 Å². The van der Waals surface area contributed by atoms with Crippen molar-refractivity contribution in [2.24, 2.45) is 0 Å². The van der Waals surface area contributed by atoms with Crippen molar-refractivity contribution >= 4 is 28.5 Å². The van der Waals surface area contributed by atoms with Crippen LogP contribution in [-0.2, 0) is 4.79 Å². The van der Waals surface area contributed by atoms with Gasteiger partial charge in [0.2, 0.25) is 5.13 Å². The Morgan fingerprint density at radius 1 is 1.29 bits per heavy atom. The van der Waals surface area contributed by atoms with Crippen molar-refractivity contribution in [2.75, 3.05) is 37.7 Å². The molecule has 2 amide bonds. The Hall–Kier alpha value is -2.79. The lowest BCUT2D eigenvalue weighted by Gasteiger charge is -2.36. The third-order valence-corrected chi connectivity index (χ3v) is 6.97. The van der Waals surface area contributed by atoms with E-state index in [0.717, 1.165) is 43.0 Å². The standard InChI is InChI=1S/C23H30FN5O4S/c1-14(2)20-26-23(34-27-20)28-9-5-16(6-10-28)29-11-7-19(22(29)32)33-18-4-3-15(13-17(18)24)21(31)25-8-12-30/h3-4,13-14,16,19,30H,5-12H2,1-2H3,(H,25,31). The maximum Gasteiger partial charge on any atom is 0.263 e. The van der Waals surface area contributed by atoms with Gasteiger partial charge in [0.1, 0.15) is 5.82 Å². The maximum atomic E-state index is 14.5. The molecule has 1 unspecified atom stereocenters. The summed E-state index contributed by atoms with van der Waals surface area (Å²) in [4.78, 5) is 33.6. The highest BCUT2D eigenvalue weighted by molar-refractivity contribution is 7.09. The van der Waals surface area contributed by atoms with E-state index in [1.807, 2.05) is 4.90 Å². The largest absolute Gasteiger partial charge is 0.477 e. The van der Waals surface area contributed by atoms with Crippen LogP contribution in [0.25, 0.3) is 0 Å². The van der Waals surface area contributed by atoms with Crippen LogP contribution in [0.1, 0.15) is 55.2 Å². The van der Waals surface area contributed by atoms with Crippen molar-refractivity contribution in [1.82, 2.24) is 19.6 Å². The first-order chi connectivity index (χ1) is 16.4. The summed E-state index contributed by atoms with van der Waals surface area (Å²) in [5.74, 6) is -0.197. The molecule has 34 heavy (non-hydrogen) atoms. The molecule has 2 saturated heterocycles. The predicted molar refractivity (Wildman–Crippen MR) is 126 cm³/mol. The van der Waals surface area contributed by atoms with E-state index in [1.54, 1.807) is 0 Å². The zero-order chi connectivity index (χ0) is 24.2. The molecule has 0 radical (unpaired) electrons. The monoisotopic (exact) mass is 491 g/mol. The van der Waals surface area contributed by atoms with Gasteiger partial charge in [-0.05, 0) is 31.0 Å². The summed E-state index contributed by atoms with van der Waals surface area (Å²) in [7, 11) is 0. The van der Waals surface area contributed by atoms with Gasteiger partial charge in [-0.1, -0.05) is 13.8 Å². The van der Waals surface area contributed by atoms with Crippen LogP contribution in [0.5, 0.6) is 5.75 Å². The second kappa shape index (κ2) is 10.6. The molecule has 184 valence electrons. The number of piperidine rings is 1. The number of aromatic nitrogens is 2. The molecule has 0 spiro atoms. The molecular formula is C23H30FN5O4S. The van der Waals surface area contributed by atoms with Gasteiger partial charge in [0, 0.05) is 61.7 Å². The quantitative estimate of drug-likeness (QED) is 0.583. The number of carbonyl (C=O) groups is 2. The number of nitrogens with zero attached hydrogens (tertiary/aromatic N) is 4. The SMILES string of the molecule is CC(C)c1nsc(N2CCC(N3CCC(Oc4ccc(C(=O)NCCO)cc4F)C3=O)CC2)n1. The van der Waals surface area contributed by atoms with Crippen molar-refractivity contribution in [2.45, 2.75) is 51.2 Å². The fraction of sp³-hybridized carbons (Fsp3) is 0.565. The number of ether oxygens (including phenoxy) is 1. The van der Waals surface area contributed by atoms with E-state index in [2.05, 4.69) is 33.4 Å². The van der Waals surface area contributed by atoms with Crippen molar-refractivity contribution in [3.63, 3.8) is 0 Å². The summed E-state index contributed by atoms with van der Waals surface area (Å²) in [6, 6.07) is 4.01. The average Bonchev–Trinajstić information content (AvgIpc) is 3.47. The average molecular weight is 492 g/mol. The lowest BCUT2D eigenvalue weighted by atomic mass is 10.0. The number of aliphatic hydroxyl groups is 1. The molecule has 9 nitrogen and oxygen atoms in total. The van der Waals surface area contributed by atoms with Crippen molar-refractivity contribution in [1.29, 1.82) is 0 Å². The number of carbonyl (C=O) groups excluding carboxylic acids is 2. The number of rotatable bonds is 8. The van der Waals surface area contributed by atoms with Gasteiger partial charge in [0.15, 0.2) is 17.7 Å². The van der Waals surface area contributed by atoms with E-state index < -0.39 is 17.8 Å². The van der Waals surface area contributed by atoms with Crippen LogP contribution in [0.2, 0.25) is 0 Å². The van der Waals surface area contributed by atoms with Crippen LogP contribution >= 0.6 is 11.5 Å². The predicted octanol–water partition coefficient (Wildman–Crippen LogP) is 2.17. The smallest absolute Gasteiger partial charge is 0.263 e. The van der Waals surface area contributed by atoms with Gasteiger partial charge in [0.05, 0.1) is 6.61 Å². The number of amides is 2. The lowest BCUT2D eigenvalue weighted by Crippen LogP contribution is -2.47. The van der Waals surface area contributed by atoms with E-state index in [4.69, 9.17) is 9.84 Å². The molecule has 2 aromatic rings. The fourth-order valence-electron chi connectivity index (χ4n) is 4.27. The minimum Gasteiger partial charge on any atom is -0.477 e. The third-order valence-electron chi connectivity index (χ3n) is 6.17. The zero-order valence-electron chi connectivity index (χ0n) is 19.4. The molecule has 2 aliphatic heterocycles. The Morgan fingerprint density at radius 3 is 2.71 bits per heavy atom. The first-order valence-electron chi connectivity index (χ1n) is 11.6. The Morgan fingerprint density at radius 2 is 2.06 bits per heavy atom. The first kappa shape index (κ1) is 24.3. The summed E-state index contributed by atoms with van der Waals surface area (Å²) in [5.41, 5.74) is 0.125. The molecular weight excluding hydrogens is 461 g/mol. The molecule has 2 fully saturated rings. The number of anilines is 1. The number of hydrogen-bond donors (Lipinski definition) is 2. The highest BCUT2D eigenvalue weighted by Crippen LogP contribution is 2.29. The van der Waals surface area contributed by atoms with Gasteiger partial charge in [0.25, 0.3) is 11.8 Å². The van der Waals surface area contributed by atoms with Gasteiger partial charge in [-0.25, -0.2) is 9.37 Å². The number of hydrogen-bond acceptors (Lipinski definition) is 8. The molecule has 0 aliphatic carbocycles. The van der Waals surface area contributed by atoms with Gasteiger partial charge in [-0.3, -0.25) is 9.59 Å². The highest BCUT2D eigenvalue weighted by Gasteiger charge is 2.39. The van der Waals surface area contributed by atoms with Gasteiger partial charge in [-0.15, -0.1) is 0 Å². The molecule has 0 saturated carbocycles. The van der Waals surface area contributed by atoms with Crippen LogP contribution in [0.15, 0.2) is 18.2 Å². The molecule has 1 aromatic carbocycles. The fourth-order valence-corrected chi connectivity index (χ4v) is 5.13. The molecule has 0 bridgehead atoms. The van der Waals surface area contributed by atoms with Gasteiger partial charge >= 0.3 is 0 Å². The lowest BCUT2D eigenvalue weighted by molar-refractivity contribution is -0.135. The molecule has 11 heteroatoms. The second-order valence-electron chi connectivity index (χ2n) is 8.86. The van der Waals surface area contributed by atoms with Gasteiger partial charge < -0.3 is 25.0 Å². The zero-order valence-corrected chi connectivity index (χ0v) is 20.2. The van der Waals surface area contributed by atoms with Crippen LogP contribution in [-0.4, -0.2) is 76.1 Å².